The second kappa shape index (κ2) is 57.6. The summed E-state index contributed by atoms with van der Waals surface area (Å²) < 4.78 is 65.1. The molecule has 2 aliphatic heterocycles. The molecule has 0 spiro atoms. The lowest BCUT2D eigenvalue weighted by atomic mass is 9.84. The van der Waals surface area contributed by atoms with Gasteiger partial charge in [0.15, 0.2) is 18.7 Å². The van der Waals surface area contributed by atoms with Crippen LogP contribution in [0.15, 0.2) is 24.3 Å². The van der Waals surface area contributed by atoms with E-state index in [9.17, 15) is 74.9 Å². The minimum atomic E-state index is -5.70. The number of rotatable bonds is 62. The molecule has 0 radical (unpaired) electrons. The molecule has 2 saturated heterocycles. The maximum atomic E-state index is 14.4. The van der Waals surface area contributed by atoms with Gasteiger partial charge in [0.25, 0.3) is 0 Å². The monoisotopic (exact) mass is 1470 g/mol. The lowest BCUT2D eigenvalue weighted by molar-refractivity contribution is -0.360. The maximum absolute atomic E-state index is 14.4. The number of phosphoric ester groups is 1. The van der Waals surface area contributed by atoms with E-state index in [2.05, 4.69) is 45.1 Å². The third-order valence-corrected chi connectivity index (χ3v) is 20.4. The van der Waals surface area contributed by atoms with Crippen LogP contribution in [0.4, 0.5) is 0 Å². The van der Waals surface area contributed by atoms with Crippen LogP contribution >= 0.6 is 7.82 Å². The zero-order chi connectivity index (χ0) is 73.9. The van der Waals surface area contributed by atoms with Gasteiger partial charge in [0.05, 0.1) is 13.2 Å². The number of hydrogen-bond donors (Lipinski definition) is 11. The normalized spacial score (nSPS) is 27.3. The Kier molecular flexibility index (Phi) is 52.8. The summed E-state index contributed by atoms with van der Waals surface area (Å²) >= 11 is 0. The summed E-state index contributed by atoms with van der Waals surface area (Å²) in [5, 5.41) is 110. The largest absolute Gasteiger partial charge is 0.472 e. The predicted octanol–water partition coefficient (Wildman–Crippen LogP) is 11.7. The molecule has 3 fully saturated rings. The van der Waals surface area contributed by atoms with Crippen molar-refractivity contribution in [3.8, 4) is 0 Å². The Bertz CT molecular complexity index is 2180. The zero-order valence-corrected chi connectivity index (χ0v) is 62.8. The third kappa shape index (κ3) is 40.3. The predicted molar refractivity (Wildman–Crippen MR) is 384 cm³/mol. The van der Waals surface area contributed by atoms with E-state index in [-0.39, 0.29) is 19.3 Å². The Balaban J connectivity index is 1.72. The van der Waals surface area contributed by atoms with E-state index < -0.39 is 156 Å². The molecule has 25 heteroatoms. The lowest BCUT2D eigenvalue weighted by Gasteiger charge is -2.49. The standard InChI is InChI=1S/C76H139O24P/c1-4-7-10-13-16-19-22-25-28-29-31-34-37-40-43-46-49-52-62(80)95-57(54-92-60(78)50-47-44-41-38-35-32-27-24-21-18-15-12-9-6-3)55-94-101(90,91)100-74-72(98-75-70(88)65(83)63(81)58(53-77)96-75)68(86)67(85)69(87)73(74)99-76-71(89)66(84)64(82)59(97-76)56-93-61(79)51-48-45-42-39-36-33-30-26-23-20-17-14-11-8-5-2/h20,23,32,35,57-59,63-77,81-89H,4-19,21-22,24-31,33-34,36-56H2,1-3H3,(H,90,91)/b23-20-,35-32-. The number of carbonyl (C=O) groups is 3. The van der Waals surface area contributed by atoms with Gasteiger partial charge in [0.1, 0.15) is 98.7 Å². The number of phosphoric acid groups is 1. The number of aliphatic hydroxyl groups is 10. The molecular weight excluding hydrogens is 1330 g/mol. The van der Waals surface area contributed by atoms with Crippen molar-refractivity contribution in [3.05, 3.63) is 24.3 Å². The molecule has 18 atom stereocenters. The Morgan fingerprint density at radius 3 is 1.09 bits per heavy atom. The van der Waals surface area contributed by atoms with E-state index in [0.717, 1.165) is 116 Å². The van der Waals surface area contributed by atoms with Crippen molar-refractivity contribution in [2.75, 3.05) is 26.4 Å². The smallest absolute Gasteiger partial charge is 0.463 e. The van der Waals surface area contributed by atoms with Gasteiger partial charge in [-0.1, -0.05) is 244 Å². The second-order valence-corrected chi connectivity index (χ2v) is 29.8. The van der Waals surface area contributed by atoms with Crippen molar-refractivity contribution in [1.29, 1.82) is 0 Å². The summed E-state index contributed by atoms with van der Waals surface area (Å²) in [7, 11) is -5.70. The number of carbonyl (C=O) groups excluding carboxylic acids is 3. The third-order valence-electron chi connectivity index (χ3n) is 19.5. The summed E-state index contributed by atoms with van der Waals surface area (Å²) in [6.45, 7) is 3.44. The van der Waals surface area contributed by atoms with Crippen molar-refractivity contribution in [2.45, 2.75) is 414 Å². The maximum Gasteiger partial charge on any atom is 0.472 e. The fourth-order valence-corrected chi connectivity index (χ4v) is 13.9. The van der Waals surface area contributed by atoms with Gasteiger partial charge in [-0.25, -0.2) is 4.57 Å². The highest BCUT2D eigenvalue weighted by Gasteiger charge is 2.58. The highest BCUT2D eigenvalue weighted by atomic mass is 31.2. The summed E-state index contributed by atoms with van der Waals surface area (Å²) in [5.74, 6) is -2.00. The van der Waals surface area contributed by atoms with Crippen molar-refractivity contribution in [2.24, 2.45) is 0 Å². The Hall–Kier alpha value is -2.56. The average molecular weight is 1470 g/mol. The first-order valence-electron chi connectivity index (χ1n) is 39.6. The molecule has 0 aromatic rings. The van der Waals surface area contributed by atoms with Gasteiger partial charge in [0.2, 0.25) is 0 Å². The first kappa shape index (κ1) is 92.6. The van der Waals surface area contributed by atoms with Gasteiger partial charge in [-0.15, -0.1) is 0 Å². The van der Waals surface area contributed by atoms with Crippen LogP contribution in [0.1, 0.15) is 310 Å². The van der Waals surface area contributed by atoms with E-state index in [0.29, 0.717) is 19.3 Å². The first-order valence-corrected chi connectivity index (χ1v) is 41.1. The molecule has 101 heavy (non-hydrogen) atoms. The minimum absolute atomic E-state index is 0.0232. The number of allylic oxidation sites excluding steroid dienone is 4. The molecule has 18 unspecified atom stereocenters. The first-order chi connectivity index (χ1) is 48.8. The quantitative estimate of drug-likeness (QED) is 0.00886. The number of esters is 3. The summed E-state index contributed by atoms with van der Waals surface area (Å²) in [5.41, 5.74) is 0. The minimum Gasteiger partial charge on any atom is -0.463 e. The van der Waals surface area contributed by atoms with Crippen LogP contribution in [0.2, 0.25) is 0 Å². The molecular formula is C76H139O24P. The van der Waals surface area contributed by atoms with Crippen molar-refractivity contribution < 1.29 is 117 Å². The van der Waals surface area contributed by atoms with Gasteiger partial charge in [-0.05, 0) is 70.6 Å². The van der Waals surface area contributed by atoms with E-state index in [1.165, 1.54) is 135 Å². The number of ether oxygens (including phenoxy) is 7. The molecule has 1 aliphatic carbocycles. The van der Waals surface area contributed by atoms with Crippen LogP contribution in [0.25, 0.3) is 0 Å². The van der Waals surface area contributed by atoms with Gasteiger partial charge in [-0.3, -0.25) is 23.4 Å². The van der Waals surface area contributed by atoms with Crippen molar-refractivity contribution in [1.82, 2.24) is 0 Å². The van der Waals surface area contributed by atoms with E-state index in [4.69, 9.17) is 42.2 Å². The molecule has 0 bridgehead atoms. The summed E-state index contributed by atoms with van der Waals surface area (Å²) in [6, 6.07) is 0. The molecule has 0 aromatic heterocycles. The summed E-state index contributed by atoms with van der Waals surface area (Å²) in [6.07, 6.45) is 19.4. The van der Waals surface area contributed by atoms with Crippen LogP contribution in [-0.4, -0.2) is 204 Å². The van der Waals surface area contributed by atoms with Gasteiger partial charge < -0.3 is 89.1 Å². The fourth-order valence-electron chi connectivity index (χ4n) is 13.0. The molecule has 592 valence electrons. The molecule has 0 aromatic carbocycles. The molecule has 2 heterocycles. The van der Waals surface area contributed by atoms with Crippen LogP contribution in [0.3, 0.4) is 0 Å². The highest BCUT2D eigenvalue weighted by molar-refractivity contribution is 7.47. The molecule has 3 aliphatic rings. The summed E-state index contributed by atoms with van der Waals surface area (Å²) in [4.78, 5) is 51.1. The van der Waals surface area contributed by atoms with E-state index in [1.807, 2.05) is 0 Å². The SMILES string of the molecule is CCCCCC/C=C\CCCCCCCCCC(=O)OCC1OC(OC2C(O)C(O)C(O)C(OC3OC(CO)C(O)C(O)C3O)C2OP(=O)(O)OCC(COC(=O)CCCCC/C=C\CCCCCCCCC)OC(=O)CCCCCCCCCCCCCCCCCCC)C(O)C(O)C1O. The van der Waals surface area contributed by atoms with Crippen LogP contribution in [-0.2, 0) is 61.2 Å². The van der Waals surface area contributed by atoms with Gasteiger partial charge in [0, 0.05) is 19.3 Å². The van der Waals surface area contributed by atoms with E-state index >= 15 is 0 Å². The van der Waals surface area contributed by atoms with Gasteiger partial charge >= 0.3 is 25.7 Å². The molecule has 3 rings (SSSR count). The molecule has 0 amide bonds. The van der Waals surface area contributed by atoms with Crippen LogP contribution in [0.5, 0.6) is 0 Å². The molecule has 11 N–H and O–H groups in total. The number of aliphatic hydroxyl groups excluding tert-OH is 10. The van der Waals surface area contributed by atoms with Crippen molar-refractivity contribution in [3.63, 3.8) is 0 Å². The Labute approximate surface area is 605 Å². The van der Waals surface area contributed by atoms with Crippen LogP contribution in [0, 0.1) is 0 Å². The number of hydrogen-bond acceptors (Lipinski definition) is 23. The van der Waals surface area contributed by atoms with E-state index in [1.54, 1.807) is 0 Å². The molecule has 24 nitrogen and oxygen atoms in total. The molecule has 1 saturated carbocycles. The Morgan fingerprint density at radius 2 is 0.693 bits per heavy atom. The topological polar surface area (TPSA) is 374 Å². The zero-order valence-electron chi connectivity index (χ0n) is 61.9. The van der Waals surface area contributed by atoms with Crippen molar-refractivity contribution >= 4 is 25.7 Å². The Morgan fingerprint density at radius 1 is 0.376 bits per heavy atom. The lowest BCUT2D eigenvalue weighted by Crippen LogP contribution is -2.69. The van der Waals surface area contributed by atoms with Crippen LogP contribution < -0.4 is 0 Å². The average Bonchev–Trinajstić information content (AvgIpc) is 0.761. The highest BCUT2D eigenvalue weighted by Crippen LogP contribution is 2.49. The van der Waals surface area contributed by atoms with Gasteiger partial charge in [-0.2, -0.15) is 0 Å². The fraction of sp³-hybridized carbons (Fsp3) is 0.908. The second-order valence-electron chi connectivity index (χ2n) is 28.4. The number of unbranched alkanes of at least 4 members (excludes halogenated alkanes) is 37.